The molecule has 1 amide bonds. The van der Waals surface area contributed by atoms with Gasteiger partial charge in [-0.25, -0.2) is 4.98 Å². The van der Waals surface area contributed by atoms with Crippen LogP contribution < -0.4 is 11.1 Å². The second-order valence-corrected chi connectivity index (χ2v) is 12.5. The van der Waals surface area contributed by atoms with Gasteiger partial charge in [0, 0.05) is 49.1 Å². The predicted molar refractivity (Wildman–Crippen MR) is 161 cm³/mol. The Morgan fingerprint density at radius 1 is 1.40 bits per heavy atom. The molecule has 2 fully saturated rings. The van der Waals surface area contributed by atoms with Crippen molar-refractivity contribution in [2.75, 3.05) is 39.2 Å². The maximum absolute atomic E-state index is 13.4. The minimum Gasteiger partial charge on any atom is -0.399 e. The Hall–Kier alpha value is -2.04. The molecule has 0 bridgehead atoms. The molecule has 2 saturated heterocycles. The van der Waals surface area contributed by atoms with Crippen LogP contribution in [0, 0.1) is 11.8 Å². The first-order valence-corrected chi connectivity index (χ1v) is 15.8. The third-order valence-corrected chi connectivity index (χ3v) is 9.29. The third-order valence-electron chi connectivity index (χ3n) is 8.46. The average Bonchev–Trinajstić information content (AvgIpc) is 3.36. The van der Waals surface area contributed by atoms with Gasteiger partial charge in [0.25, 0.3) is 0 Å². The van der Waals surface area contributed by atoms with Crippen LogP contribution in [0.4, 0.5) is 9.52 Å². The molecule has 1 aromatic rings. The molecule has 10 heteroatoms. The van der Waals surface area contributed by atoms with Gasteiger partial charge in [-0.15, -0.1) is 11.3 Å². The first kappa shape index (κ1) is 32.5. The molecule has 3 rings (SSSR count). The van der Waals surface area contributed by atoms with Crippen LogP contribution in [0.3, 0.4) is 0 Å². The quantitative estimate of drug-likeness (QED) is 0.199. The molecule has 0 aromatic carbocycles. The summed E-state index contributed by atoms with van der Waals surface area (Å²) < 4.78 is 19.7. The molecule has 3 atom stereocenters. The lowest BCUT2D eigenvalue weighted by Gasteiger charge is -2.47. The summed E-state index contributed by atoms with van der Waals surface area (Å²) in [6, 6.07) is 0. The van der Waals surface area contributed by atoms with Gasteiger partial charge in [0.2, 0.25) is 5.91 Å². The molecule has 0 radical (unpaired) electrons. The monoisotopic (exact) mass is 579 g/mol. The Bertz CT molecular complexity index is 976. The molecule has 2 aliphatic rings. The van der Waals surface area contributed by atoms with E-state index in [1.165, 1.54) is 30.6 Å². The first-order chi connectivity index (χ1) is 19.3. The van der Waals surface area contributed by atoms with E-state index in [1.54, 1.807) is 7.11 Å². The normalized spacial score (nSPS) is 22.6. The van der Waals surface area contributed by atoms with E-state index in [2.05, 4.69) is 29.3 Å². The van der Waals surface area contributed by atoms with Crippen molar-refractivity contribution in [1.82, 2.24) is 15.2 Å². The number of amides is 1. The first-order valence-electron chi connectivity index (χ1n) is 15.0. The molecule has 2 aliphatic heterocycles. The number of anilines is 1. The highest BCUT2D eigenvalue weighted by molar-refractivity contribution is 7.15. The van der Waals surface area contributed by atoms with Crippen LogP contribution in [0.5, 0.6) is 0 Å². The number of nitrogens with one attached hydrogen (secondary N) is 1. The second-order valence-electron chi connectivity index (χ2n) is 11.4. The summed E-state index contributed by atoms with van der Waals surface area (Å²) in [6.07, 6.45) is 12.1. The second kappa shape index (κ2) is 16.4. The highest BCUT2D eigenvalue weighted by Gasteiger charge is 2.45. The zero-order chi connectivity index (χ0) is 29.0. The van der Waals surface area contributed by atoms with Crippen molar-refractivity contribution < 1.29 is 18.8 Å². The van der Waals surface area contributed by atoms with E-state index in [4.69, 9.17) is 15.3 Å². The number of ether oxygens (including phenoxy) is 1. The number of halogens is 1. The van der Waals surface area contributed by atoms with Crippen molar-refractivity contribution in [2.45, 2.75) is 103 Å². The maximum atomic E-state index is 13.4. The van der Waals surface area contributed by atoms with Crippen molar-refractivity contribution in [2.24, 2.45) is 17.0 Å². The number of nitrogens with zero attached hydrogens (tertiary/aromatic N) is 3. The van der Waals surface area contributed by atoms with Gasteiger partial charge in [-0.2, -0.15) is 0 Å². The molecule has 3 heterocycles. The summed E-state index contributed by atoms with van der Waals surface area (Å²) in [5.74, 6) is 0.942. The van der Waals surface area contributed by atoms with Gasteiger partial charge in [-0.3, -0.25) is 9.18 Å². The van der Waals surface area contributed by atoms with Gasteiger partial charge in [0.1, 0.15) is 7.11 Å². The number of alkyl halides is 1. The van der Waals surface area contributed by atoms with Crippen molar-refractivity contribution in [3.63, 3.8) is 0 Å². The molecular weight excluding hydrogens is 529 g/mol. The lowest BCUT2D eigenvalue weighted by atomic mass is 9.79. The number of carbonyl (C=O) groups is 1. The molecule has 1 aromatic heterocycles. The molecule has 0 aliphatic carbocycles. The predicted octanol–water partition coefficient (Wildman–Crippen LogP) is 5.89. The Kier molecular flexibility index (Phi) is 13.3. The Labute approximate surface area is 243 Å². The van der Waals surface area contributed by atoms with Crippen LogP contribution in [-0.2, 0) is 20.9 Å². The lowest BCUT2D eigenvalue weighted by molar-refractivity contribution is -0.144. The number of oxime groups is 1. The number of nitrogen functional groups attached to an aromatic ring is 1. The fraction of sp³-hybridized carbons (Fsp3) is 0.767. The number of hydrogen-bond acceptors (Lipinski definition) is 8. The van der Waals surface area contributed by atoms with Gasteiger partial charge in [0.05, 0.1) is 24.1 Å². The van der Waals surface area contributed by atoms with Gasteiger partial charge in [-0.1, -0.05) is 44.3 Å². The summed E-state index contributed by atoms with van der Waals surface area (Å²) in [5, 5.41) is 8.49. The number of likely N-dealkylation sites (tertiary alicyclic amines) is 1. The number of nitrogens with two attached hydrogens (primary N) is 1. The van der Waals surface area contributed by atoms with Gasteiger partial charge in [0.15, 0.2) is 5.13 Å². The number of allylic oxidation sites excluding steroid dienone is 1. The number of carbonyl (C=O) groups excluding carboxylic acids is 1. The van der Waals surface area contributed by atoms with E-state index in [0.717, 1.165) is 48.5 Å². The Morgan fingerprint density at radius 2 is 2.17 bits per heavy atom. The molecule has 40 heavy (non-hydrogen) atoms. The number of rotatable bonds is 15. The fourth-order valence-electron chi connectivity index (χ4n) is 6.08. The largest absolute Gasteiger partial charge is 0.399 e. The topological polar surface area (TPSA) is 102 Å². The lowest BCUT2D eigenvalue weighted by Crippen LogP contribution is -2.54. The van der Waals surface area contributed by atoms with Crippen LogP contribution in [-0.4, -0.2) is 66.6 Å². The van der Waals surface area contributed by atoms with Crippen molar-refractivity contribution in [3.05, 3.63) is 22.7 Å². The molecular formula is C30H50FN5O3S. The number of piperidine rings is 1. The molecule has 3 N–H and O–H groups in total. The fourth-order valence-corrected chi connectivity index (χ4v) is 6.74. The van der Waals surface area contributed by atoms with Gasteiger partial charge < -0.3 is 25.5 Å². The van der Waals surface area contributed by atoms with Crippen LogP contribution in [0.2, 0.25) is 0 Å². The van der Waals surface area contributed by atoms with E-state index in [1.807, 2.05) is 24.1 Å². The van der Waals surface area contributed by atoms with E-state index in [9.17, 15) is 9.18 Å². The van der Waals surface area contributed by atoms with E-state index in [-0.39, 0.29) is 30.2 Å². The Morgan fingerprint density at radius 3 is 2.80 bits per heavy atom. The average molecular weight is 580 g/mol. The minimum atomic E-state index is -0.389. The number of unbranched alkanes of at least 4 members (excludes halogenated alkanes) is 2. The van der Waals surface area contributed by atoms with Crippen molar-refractivity contribution >= 4 is 28.1 Å². The van der Waals surface area contributed by atoms with Crippen LogP contribution in [0.25, 0.3) is 0 Å². The van der Waals surface area contributed by atoms with Crippen molar-refractivity contribution in [1.29, 1.82) is 0 Å². The highest BCUT2D eigenvalue weighted by atomic mass is 32.1. The minimum absolute atomic E-state index is 0.191. The third kappa shape index (κ3) is 9.24. The highest BCUT2D eigenvalue weighted by Crippen LogP contribution is 2.40. The summed E-state index contributed by atoms with van der Waals surface area (Å²) in [6.45, 7) is 9.00. The van der Waals surface area contributed by atoms with Gasteiger partial charge >= 0.3 is 0 Å². The molecule has 0 saturated carbocycles. The number of thiazole rings is 1. The van der Waals surface area contributed by atoms with E-state index in [0.29, 0.717) is 49.8 Å². The SMILES string of the molecule is CC=C1C(=NOC)CC2(CCN(C(=O)CC(C)C(CCCCC)CNCc3cnc(N)s3)CC2)OC1CCCF. The zero-order valence-corrected chi connectivity index (χ0v) is 25.7. The summed E-state index contributed by atoms with van der Waals surface area (Å²) in [7, 11) is 1.56. The van der Waals surface area contributed by atoms with E-state index < -0.39 is 0 Å². The van der Waals surface area contributed by atoms with Crippen LogP contribution in [0.15, 0.2) is 23.0 Å². The van der Waals surface area contributed by atoms with Crippen molar-refractivity contribution in [3.8, 4) is 0 Å². The molecule has 3 unspecified atom stereocenters. The van der Waals surface area contributed by atoms with Crippen LogP contribution >= 0.6 is 11.3 Å². The summed E-state index contributed by atoms with van der Waals surface area (Å²) in [4.78, 5) is 25.9. The number of hydrogen-bond donors (Lipinski definition) is 2. The molecule has 1 spiro atoms. The summed E-state index contributed by atoms with van der Waals surface area (Å²) in [5.41, 5.74) is 7.26. The zero-order valence-electron chi connectivity index (χ0n) is 24.9. The van der Waals surface area contributed by atoms with E-state index >= 15 is 0 Å². The number of aromatic nitrogens is 1. The molecule has 226 valence electrons. The molecule has 8 nitrogen and oxygen atoms in total. The Balaban J connectivity index is 1.56. The maximum Gasteiger partial charge on any atom is 0.222 e. The smallest absolute Gasteiger partial charge is 0.222 e. The standard InChI is InChI=1S/C30H50FN5O3S/c1-5-7-8-10-23(19-33-20-24-21-34-29(32)40-24)22(3)17-28(37)36-15-12-30(13-16-36)18-26(35-38-4)25(6-2)27(39-30)11-9-14-31/h6,21-23,27,33H,5,7-20H2,1-4H3,(H2,32,34). The summed E-state index contributed by atoms with van der Waals surface area (Å²) >= 11 is 1.51. The van der Waals surface area contributed by atoms with Crippen LogP contribution in [0.1, 0.15) is 89.9 Å². The van der Waals surface area contributed by atoms with Gasteiger partial charge in [-0.05, 0) is 57.4 Å².